The summed E-state index contributed by atoms with van der Waals surface area (Å²) in [5, 5.41) is 0. The van der Waals surface area contributed by atoms with Gasteiger partial charge >= 0.3 is 5.97 Å². The highest BCUT2D eigenvalue weighted by Gasteiger charge is 2.64. The Labute approximate surface area is 235 Å². The number of ether oxygens (including phenoxy) is 1. The van der Waals surface area contributed by atoms with E-state index in [2.05, 4.69) is 46.2 Å². The number of hydrogen-bond donors (Lipinski definition) is 0. The van der Waals surface area contributed by atoms with Crippen molar-refractivity contribution in [1.29, 1.82) is 0 Å². The Morgan fingerprint density at radius 3 is 2.11 bits per heavy atom. The fourth-order valence-electron chi connectivity index (χ4n) is 10.6. The van der Waals surface area contributed by atoms with Gasteiger partial charge in [-0.2, -0.15) is 0 Å². The Morgan fingerprint density at radius 1 is 0.778 bits per heavy atom. The standard InChI is InChI=1S/C30H50N2O2.CH3I/c1-21(33)34-28-27(32-17-5-4-6-18-32)20-26-24-10-9-22-19-23(31-15-7-8-16-31)11-13-29(22,2)25(24)12-14-30(26,28)3;1-2/h22-28H,4-20H2,1-3H3;1H3/t22-,23-,24+,25-,26-,27-,28-,29-,30-;/m0./s1. The van der Waals surface area contributed by atoms with E-state index in [1.807, 2.05) is 4.93 Å². The molecule has 36 heavy (non-hydrogen) atoms. The summed E-state index contributed by atoms with van der Waals surface area (Å²) in [5.74, 6) is 3.34. The largest absolute Gasteiger partial charge is 0.460 e. The number of nitrogens with zero attached hydrogens (tertiary/aromatic N) is 2. The normalized spacial score (nSPS) is 47.2. The van der Waals surface area contributed by atoms with Crippen LogP contribution >= 0.6 is 22.6 Å². The quantitative estimate of drug-likeness (QED) is 0.197. The summed E-state index contributed by atoms with van der Waals surface area (Å²) >= 11 is 2.15. The van der Waals surface area contributed by atoms with Crippen LogP contribution in [0.1, 0.15) is 104 Å². The predicted molar refractivity (Wildman–Crippen MR) is 156 cm³/mol. The SMILES string of the molecule is CC(=O)O[C@H]1[C@@H](N2CCCCC2)C[C@H]2[C@@H]3CC[C@H]4C[C@@H](N5CCCC5)CC[C@]4(C)[C@H]3CC[C@@]21C.CI. The summed E-state index contributed by atoms with van der Waals surface area (Å²) in [6.07, 6.45) is 18.1. The molecule has 0 aromatic rings. The van der Waals surface area contributed by atoms with Crippen LogP contribution in [0, 0.1) is 34.5 Å². The Hall–Kier alpha value is 0.120. The van der Waals surface area contributed by atoms with E-state index >= 15 is 0 Å². The van der Waals surface area contributed by atoms with E-state index in [4.69, 9.17) is 4.74 Å². The van der Waals surface area contributed by atoms with Crippen LogP contribution in [0.3, 0.4) is 0 Å². The molecular weight excluding hydrogens is 559 g/mol. The molecule has 0 bridgehead atoms. The first-order valence-electron chi connectivity index (χ1n) is 15.4. The lowest BCUT2D eigenvalue weighted by atomic mass is 9.45. The molecule has 0 amide bonds. The second kappa shape index (κ2) is 11.3. The van der Waals surface area contributed by atoms with Gasteiger partial charge in [0.05, 0.1) is 0 Å². The maximum atomic E-state index is 12.3. The Kier molecular flexibility index (Phi) is 8.70. The molecule has 0 aromatic carbocycles. The van der Waals surface area contributed by atoms with Crippen molar-refractivity contribution < 1.29 is 9.53 Å². The Balaban J connectivity index is 0.00000130. The lowest BCUT2D eigenvalue weighted by Gasteiger charge is -2.61. The molecule has 4 saturated carbocycles. The number of likely N-dealkylation sites (tertiary alicyclic amines) is 2. The van der Waals surface area contributed by atoms with Crippen molar-refractivity contribution in [1.82, 2.24) is 9.80 Å². The van der Waals surface area contributed by atoms with Gasteiger partial charge in [0, 0.05) is 24.4 Å². The van der Waals surface area contributed by atoms with Gasteiger partial charge in [-0.3, -0.25) is 9.69 Å². The molecule has 6 aliphatic rings. The topological polar surface area (TPSA) is 32.8 Å². The van der Waals surface area contributed by atoms with Crippen LogP contribution in [0.25, 0.3) is 0 Å². The summed E-state index contributed by atoms with van der Waals surface area (Å²) in [4.78, 5) is 19.8. The third kappa shape index (κ3) is 4.82. The number of esters is 1. The van der Waals surface area contributed by atoms with Gasteiger partial charge in [0.15, 0.2) is 0 Å². The molecule has 6 fully saturated rings. The first kappa shape index (κ1) is 27.7. The second-order valence-electron chi connectivity index (χ2n) is 13.8. The van der Waals surface area contributed by atoms with Gasteiger partial charge in [-0.1, -0.05) is 42.9 Å². The van der Waals surface area contributed by atoms with Gasteiger partial charge in [-0.05, 0) is 137 Å². The molecule has 6 rings (SSSR count). The number of piperidine rings is 1. The van der Waals surface area contributed by atoms with Gasteiger partial charge < -0.3 is 9.64 Å². The van der Waals surface area contributed by atoms with Crippen molar-refractivity contribution in [2.45, 2.75) is 122 Å². The van der Waals surface area contributed by atoms with Crippen LogP contribution in [0.15, 0.2) is 0 Å². The van der Waals surface area contributed by atoms with Crippen LogP contribution in [-0.4, -0.2) is 65.1 Å². The van der Waals surface area contributed by atoms with Crippen molar-refractivity contribution in [2.75, 3.05) is 31.1 Å². The smallest absolute Gasteiger partial charge is 0.302 e. The van der Waals surface area contributed by atoms with Crippen LogP contribution in [0.2, 0.25) is 0 Å². The summed E-state index contributed by atoms with van der Waals surface area (Å²) in [6.45, 7) is 12.0. The van der Waals surface area contributed by atoms with Crippen LogP contribution in [0.5, 0.6) is 0 Å². The molecule has 2 aliphatic heterocycles. The van der Waals surface area contributed by atoms with Crippen LogP contribution in [0.4, 0.5) is 0 Å². The van der Waals surface area contributed by atoms with E-state index in [1.54, 1.807) is 6.92 Å². The Morgan fingerprint density at radius 2 is 1.42 bits per heavy atom. The molecule has 2 saturated heterocycles. The number of hydrogen-bond acceptors (Lipinski definition) is 4. The van der Waals surface area contributed by atoms with Crippen molar-refractivity contribution in [2.24, 2.45) is 34.5 Å². The van der Waals surface area contributed by atoms with Gasteiger partial charge in [0.2, 0.25) is 0 Å². The van der Waals surface area contributed by atoms with Gasteiger partial charge in [-0.25, -0.2) is 0 Å². The first-order chi connectivity index (χ1) is 17.4. The molecule has 0 N–H and O–H groups in total. The zero-order valence-electron chi connectivity index (χ0n) is 23.7. The van der Waals surface area contributed by atoms with Gasteiger partial charge in [0.1, 0.15) is 6.10 Å². The zero-order chi connectivity index (χ0) is 25.5. The molecule has 0 aromatic heterocycles. The summed E-state index contributed by atoms with van der Waals surface area (Å²) in [5.41, 5.74) is 0.714. The molecule has 0 radical (unpaired) electrons. The fraction of sp³-hybridized carbons (Fsp3) is 0.968. The fourth-order valence-corrected chi connectivity index (χ4v) is 10.6. The lowest BCUT2D eigenvalue weighted by Crippen LogP contribution is -2.56. The molecule has 4 nitrogen and oxygen atoms in total. The van der Waals surface area contributed by atoms with E-state index in [9.17, 15) is 4.79 Å². The third-order valence-electron chi connectivity index (χ3n) is 12.4. The summed E-state index contributed by atoms with van der Waals surface area (Å²) in [6, 6.07) is 1.32. The highest BCUT2D eigenvalue weighted by molar-refractivity contribution is 14.1. The average Bonchev–Trinajstić information content (AvgIpc) is 3.52. The molecule has 9 atom stereocenters. The molecule has 5 heteroatoms. The second-order valence-corrected chi connectivity index (χ2v) is 13.8. The van der Waals surface area contributed by atoms with Gasteiger partial charge in [0.25, 0.3) is 0 Å². The zero-order valence-corrected chi connectivity index (χ0v) is 25.8. The van der Waals surface area contributed by atoms with E-state index in [0.717, 1.165) is 29.7 Å². The van der Waals surface area contributed by atoms with E-state index in [1.165, 1.54) is 110 Å². The number of fused-ring (bicyclic) bond motifs is 5. The van der Waals surface area contributed by atoms with Crippen molar-refractivity contribution in [3.63, 3.8) is 0 Å². The number of carbonyl (C=O) groups is 1. The number of alkyl halides is 1. The molecule has 0 spiro atoms. The first-order valence-corrected chi connectivity index (χ1v) is 17.6. The maximum Gasteiger partial charge on any atom is 0.302 e. The van der Waals surface area contributed by atoms with E-state index in [-0.39, 0.29) is 17.5 Å². The van der Waals surface area contributed by atoms with Crippen molar-refractivity contribution in [3.8, 4) is 0 Å². The lowest BCUT2D eigenvalue weighted by molar-refractivity contribution is -0.166. The third-order valence-corrected chi connectivity index (χ3v) is 12.4. The van der Waals surface area contributed by atoms with Crippen LogP contribution in [-0.2, 0) is 9.53 Å². The highest BCUT2D eigenvalue weighted by Crippen LogP contribution is 2.67. The minimum atomic E-state index is -0.0630. The van der Waals surface area contributed by atoms with Crippen molar-refractivity contribution >= 4 is 28.6 Å². The van der Waals surface area contributed by atoms with E-state index < -0.39 is 0 Å². The number of carbonyl (C=O) groups excluding carboxylic acids is 1. The van der Waals surface area contributed by atoms with Gasteiger partial charge in [-0.15, -0.1) is 0 Å². The number of halogens is 1. The molecule has 0 unspecified atom stereocenters. The molecule has 206 valence electrons. The predicted octanol–water partition coefficient (Wildman–Crippen LogP) is 6.94. The number of rotatable bonds is 3. The van der Waals surface area contributed by atoms with Crippen LogP contribution < -0.4 is 0 Å². The minimum absolute atomic E-state index is 0.0630. The highest BCUT2D eigenvalue weighted by atomic mass is 127. The molecule has 2 heterocycles. The Bertz CT molecular complexity index is 766. The van der Waals surface area contributed by atoms with Crippen molar-refractivity contribution in [3.05, 3.63) is 0 Å². The molecular formula is C31H53IN2O2. The maximum absolute atomic E-state index is 12.3. The summed E-state index contributed by atoms with van der Waals surface area (Å²) < 4.78 is 6.25. The minimum Gasteiger partial charge on any atom is -0.460 e. The molecule has 4 aliphatic carbocycles. The monoisotopic (exact) mass is 612 g/mol. The van der Waals surface area contributed by atoms with E-state index in [0.29, 0.717) is 11.5 Å². The summed E-state index contributed by atoms with van der Waals surface area (Å²) in [7, 11) is 0. The average molecular weight is 613 g/mol.